The Bertz CT molecular complexity index is 420. The van der Waals surface area contributed by atoms with E-state index in [2.05, 4.69) is 5.32 Å². The maximum absolute atomic E-state index is 11.8. The van der Waals surface area contributed by atoms with Crippen LogP contribution >= 0.6 is 0 Å². The minimum atomic E-state index is -1.01. The van der Waals surface area contributed by atoms with Crippen LogP contribution in [0.25, 0.3) is 0 Å². The number of hydrogen-bond donors (Lipinski definition) is 2. The first-order valence-electron chi connectivity index (χ1n) is 5.87. The monoisotopic (exact) mass is 249 g/mol. The number of aliphatic carboxylic acids is 1. The van der Waals surface area contributed by atoms with Crippen LogP contribution in [-0.2, 0) is 16.0 Å². The first-order valence-corrected chi connectivity index (χ1v) is 5.87. The molecule has 0 aliphatic heterocycles. The maximum Gasteiger partial charge on any atom is 0.326 e. The van der Waals surface area contributed by atoms with Gasteiger partial charge in [-0.05, 0) is 11.0 Å². The van der Waals surface area contributed by atoms with Gasteiger partial charge in [-0.3, -0.25) is 4.79 Å². The van der Waals surface area contributed by atoms with Crippen molar-refractivity contribution < 1.29 is 14.7 Å². The average Bonchev–Trinajstić information content (AvgIpc) is 2.25. The number of carboxylic acid groups (broad SMARTS) is 1. The molecule has 4 nitrogen and oxygen atoms in total. The van der Waals surface area contributed by atoms with E-state index >= 15 is 0 Å². The first-order chi connectivity index (χ1) is 8.30. The first kappa shape index (κ1) is 14.2. The van der Waals surface area contributed by atoms with E-state index in [1.54, 1.807) is 20.8 Å². The molecule has 4 heteroatoms. The van der Waals surface area contributed by atoms with Gasteiger partial charge in [-0.2, -0.15) is 0 Å². The Hall–Kier alpha value is -1.84. The summed E-state index contributed by atoms with van der Waals surface area (Å²) >= 11 is 0. The summed E-state index contributed by atoms with van der Waals surface area (Å²) in [7, 11) is 0. The SMILES string of the molecule is CC(C)(C)[C@H](NC(=O)Cc1ccccc1)C(=O)O. The fourth-order valence-corrected chi connectivity index (χ4v) is 1.64. The summed E-state index contributed by atoms with van der Waals surface area (Å²) in [5, 5.41) is 11.7. The molecule has 2 N–H and O–H groups in total. The van der Waals surface area contributed by atoms with Crippen LogP contribution in [0.3, 0.4) is 0 Å². The minimum absolute atomic E-state index is 0.195. The third-order valence-corrected chi connectivity index (χ3v) is 2.63. The van der Waals surface area contributed by atoms with Crippen LogP contribution in [0.15, 0.2) is 30.3 Å². The van der Waals surface area contributed by atoms with Gasteiger partial charge >= 0.3 is 5.97 Å². The van der Waals surface area contributed by atoms with E-state index in [-0.39, 0.29) is 12.3 Å². The topological polar surface area (TPSA) is 66.4 Å². The van der Waals surface area contributed by atoms with Gasteiger partial charge in [-0.25, -0.2) is 4.79 Å². The number of amides is 1. The molecule has 18 heavy (non-hydrogen) atoms. The molecule has 0 radical (unpaired) electrons. The van der Waals surface area contributed by atoms with Crippen molar-refractivity contribution in [3.05, 3.63) is 35.9 Å². The third-order valence-electron chi connectivity index (χ3n) is 2.63. The largest absolute Gasteiger partial charge is 0.480 e. The average molecular weight is 249 g/mol. The molecule has 1 atom stereocenters. The zero-order valence-electron chi connectivity index (χ0n) is 10.9. The second kappa shape index (κ2) is 5.67. The van der Waals surface area contributed by atoms with E-state index in [9.17, 15) is 9.59 Å². The number of nitrogens with one attached hydrogen (secondary N) is 1. The third kappa shape index (κ3) is 4.20. The number of carboxylic acids is 1. The lowest BCUT2D eigenvalue weighted by Gasteiger charge is -2.27. The van der Waals surface area contributed by atoms with Crippen LogP contribution < -0.4 is 5.32 Å². The van der Waals surface area contributed by atoms with Gasteiger partial charge in [0.1, 0.15) is 6.04 Å². The van der Waals surface area contributed by atoms with E-state index in [4.69, 9.17) is 5.11 Å². The predicted molar refractivity (Wildman–Crippen MR) is 69.2 cm³/mol. The summed E-state index contributed by atoms with van der Waals surface area (Å²) in [6.07, 6.45) is 0.195. The summed E-state index contributed by atoms with van der Waals surface area (Å²) < 4.78 is 0. The van der Waals surface area contributed by atoms with Crippen molar-refractivity contribution in [2.24, 2.45) is 5.41 Å². The minimum Gasteiger partial charge on any atom is -0.480 e. The lowest BCUT2D eigenvalue weighted by molar-refractivity contribution is -0.144. The molecule has 1 aromatic carbocycles. The molecule has 0 spiro atoms. The molecule has 0 aliphatic rings. The smallest absolute Gasteiger partial charge is 0.326 e. The van der Waals surface area contributed by atoms with Crippen molar-refractivity contribution in [1.29, 1.82) is 0 Å². The molecule has 0 aromatic heterocycles. The summed E-state index contributed by atoms with van der Waals surface area (Å²) in [4.78, 5) is 22.9. The number of benzene rings is 1. The molecular formula is C14H19NO3. The van der Waals surface area contributed by atoms with Gasteiger partial charge in [0.2, 0.25) is 5.91 Å². The predicted octanol–water partition coefficient (Wildman–Crippen LogP) is 1.84. The highest BCUT2D eigenvalue weighted by Gasteiger charge is 2.32. The van der Waals surface area contributed by atoms with Crippen molar-refractivity contribution in [1.82, 2.24) is 5.32 Å². The molecular weight excluding hydrogens is 230 g/mol. The quantitative estimate of drug-likeness (QED) is 0.855. The van der Waals surface area contributed by atoms with Crippen LogP contribution in [0.1, 0.15) is 26.3 Å². The highest BCUT2D eigenvalue weighted by Crippen LogP contribution is 2.19. The van der Waals surface area contributed by atoms with Gasteiger partial charge in [0.25, 0.3) is 0 Å². The summed E-state index contributed by atoms with van der Waals surface area (Å²) in [5.41, 5.74) is 0.353. The van der Waals surface area contributed by atoms with Crippen LogP contribution in [0.5, 0.6) is 0 Å². The van der Waals surface area contributed by atoms with E-state index in [1.165, 1.54) is 0 Å². The van der Waals surface area contributed by atoms with E-state index in [0.29, 0.717) is 0 Å². The molecule has 0 bridgehead atoms. The van der Waals surface area contributed by atoms with Gasteiger partial charge in [0, 0.05) is 0 Å². The van der Waals surface area contributed by atoms with Gasteiger partial charge in [0.05, 0.1) is 6.42 Å². The fourth-order valence-electron chi connectivity index (χ4n) is 1.64. The lowest BCUT2D eigenvalue weighted by Crippen LogP contribution is -2.49. The van der Waals surface area contributed by atoms with E-state index < -0.39 is 17.4 Å². The summed E-state index contributed by atoms with van der Waals surface area (Å²) in [6.45, 7) is 5.36. The zero-order chi connectivity index (χ0) is 13.8. The number of rotatable bonds is 4. The van der Waals surface area contributed by atoms with Crippen molar-refractivity contribution in [3.8, 4) is 0 Å². The van der Waals surface area contributed by atoms with Crippen molar-refractivity contribution in [3.63, 3.8) is 0 Å². The van der Waals surface area contributed by atoms with Gasteiger partial charge in [-0.15, -0.1) is 0 Å². The number of hydrogen-bond acceptors (Lipinski definition) is 2. The molecule has 1 aromatic rings. The fraction of sp³-hybridized carbons (Fsp3) is 0.429. The Morgan fingerprint density at radius 3 is 2.22 bits per heavy atom. The van der Waals surface area contributed by atoms with Gasteiger partial charge in [0.15, 0.2) is 0 Å². The Morgan fingerprint density at radius 1 is 1.22 bits per heavy atom. The molecule has 0 saturated heterocycles. The lowest BCUT2D eigenvalue weighted by atomic mass is 9.86. The second-order valence-electron chi connectivity index (χ2n) is 5.37. The van der Waals surface area contributed by atoms with Crippen LogP contribution in [0, 0.1) is 5.41 Å². The maximum atomic E-state index is 11.8. The highest BCUT2D eigenvalue weighted by molar-refractivity contribution is 5.85. The Balaban J connectivity index is 2.66. The molecule has 1 rings (SSSR count). The molecule has 0 unspecified atom stereocenters. The molecule has 1 amide bonds. The number of carbonyl (C=O) groups excluding carboxylic acids is 1. The van der Waals surface area contributed by atoms with Crippen LogP contribution in [0.2, 0.25) is 0 Å². The molecule has 0 fully saturated rings. The van der Waals surface area contributed by atoms with Crippen molar-refractivity contribution in [2.45, 2.75) is 33.2 Å². The summed E-state index contributed by atoms with van der Waals surface area (Å²) in [5.74, 6) is -1.28. The van der Waals surface area contributed by atoms with Crippen molar-refractivity contribution >= 4 is 11.9 Å². The molecule has 0 saturated carbocycles. The standard InChI is InChI=1S/C14H19NO3/c1-14(2,3)12(13(17)18)15-11(16)9-10-7-5-4-6-8-10/h4-8,12H,9H2,1-3H3,(H,15,16)(H,17,18)/t12-/m1/s1. The second-order valence-corrected chi connectivity index (χ2v) is 5.37. The molecule has 98 valence electrons. The Kier molecular flexibility index (Phi) is 4.48. The van der Waals surface area contributed by atoms with Gasteiger partial charge in [-0.1, -0.05) is 51.1 Å². The zero-order valence-corrected chi connectivity index (χ0v) is 10.9. The molecule has 0 aliphatic carbocycles. The number of carbonyl (C=O) groups is 2. The Labute approximate surface area is 107 Å². The van der Waals surface area contributed by atoms with E-state index in [0.717, 1.165) is 5.56 Å². The van der Waals surface area contributed by atoms with Gasteiger partial charge < -0.3 is 10.4 Å². The molecule has 0 heterocycles. The van der Waals surface area contributed by atoms with Crippen LogP contribution in [-0.4, -0.2) is 23.0 Å². The highest BCUT2D eigenvalue weighted by atomic mass is 16.4. The normalized spacial score (nSPS) is 12.8. The van der Waals surface area contributed by atoms with Crippen molar-refractivity contribution in [2.75, 3.05) is 0 Å². The summed E-state index contributed by atoms with van der Waals surface area (Å²) in [6, 6.07) is 8.37. The van der Waals surface area contributed by atoms with Crippen LogP contribution in [0.4, 0.5) is 0 Å². The van der Waals surface area contributed by atoms with E-state index in [1.807, 2.05) is 30.3 Å². The Morgan fingerprint density at radius 2 is 1.78 bits per heavy atom.